The molecule has 0 saturated carbocycles. The zero-order valence-corrected chi connectivity index (χ0v) is 17.1. The Morgan fingerprint density at radius 3 is 2.45 bits per heavy atom. The van der Waals surface area contributed by atoms with E-state index in [9.17, 15) is 9.59 Å². The van der Waals surface area contributed by atoms with E-state index in [-0.39, 0.29) is 24.4 Å². The van der Waals surface area contributed by atoms with Crippen molar-refractivity contribution in [3.05, 3.63) is 53.1 Å². The number of imide groups is 1. The maximum absolute atomic E-state index is 13.2. The highest BCUT2D eigenvalue weighted by molar-refractivity contribution is 6.16. The lowest BCUT2D eigenvalue weighted by Gasteiger charge is -2.43. The molecule has 152 valence electrons. The minimum atomic E-state index is -0.269. The summed E-state index contributed by atoms with van der Waals surface area (Å²) in [6.45, 7) is 7.46. The van der Waals surface area contributed by atoms with Gasteiger partial charge in [0, 0.05) is 6.54 Å². The zero-order valence-electron chi connectivity index (χ0n) is 17.1. The number of fused-ring (bicyclic) bond motifs is 3. The first kappa shape index (κ1) is 19.3. The van der Waals surface area contributed by atoms with Gasteiger partial charge in [-0.05, 0) is 68.1 Å². The second-order valence-corrected chi connectivity index (χ2v) is 7.38. The first-order valence-electron chi connectivity index (χ1n) is 10.2. The lowest BCUT2D eigenvalue weighted by Crippen LogP contribution is -2.55. The lowest BCUT2D eigenvalue weighted by atomic mass is 9.88. The van der Waals surface area contributed by atoms with Crippen molar-refractivity contribution >= 4 is 17.6 Å². The third kappa shape index (κ3) is 3.43. The molecule has 0 unspecified atom stereocenters. The van der Waals surface area contributed by atoms with Crippen molar-refractivity contribution in [3.8, 4) is 11.5 Å². The van der Waals surface area contributed by atoms with Gasteiger partial charge in [0.15, 0.2) is 11.5 Å². The van der Waals surface area contributed by atoms with Crippen LogP contribution in [0.3, 0.4) is 0 Å². The van der Waals surface area contributed by atoms with Crippen LogP contribution in [0.5, 0.6) is 11.5 Å². The van der Waals surface area contributed by atoms with Crippen molar-refractivity contribution < 1.29 is 19.1 Å². The average Bonchev–Trinajstić information content (AvgIpc) is 2.69. The van der Waals surface area contributed by atoms with Crippen LogP contribution in [0.25, 0.3) is 0 Å². The second kappa shape index (κ2) is 7.78. The molecule has 1 atom stereocenters. The molecule has 2 aliphatic heterocycles. The fourth-order valence-corrected chi connectivity index (χ4v) is 4.21. The lowest BCUT2D eigenvalue weighted by molar-refractivity contribution is -0.120. The summed E-state index contributed by atoms with van der Waals surface area (Å²) < 4.78 is 11.5. The maximum Gasteiger partial charge on any atom is 0.331 e. The van der Waals surface area contributed by atoms with Gasteiger partial charge in [0.2, 0.25) is 5.91 Å². The number of anilines is 1. The number of carbonyl (C=O) groups excluding carboxylic acids is 2. The molecule has 29 heavy (non-hydrogen) atoms. The number of nitrogens with zero attached hydrogens (tertiary/aromatic N) is 2. The molecule has 0 N–H and O–H groups in total. The van der Waals surface area contributed by atoms with Gasteiger partial charge in [0.25, 0.3) is 0 Å². The molecule has 3 amide bonds. The molecular formula is C23H26N2O4. The molecule has 6 heteroatoms. The maximum atomic E-state index is 13.2. The molecule has 4 rings (SSSR count). The van der Waals surface area contributed by atoms with Crippen molar-refractivity contribution in [2.45, 2.75) is 39.7 Å². The molecule has 0 aliphatic carbocycles. The van der Waals surface area contributed by atoms with E-state index in [0.29, 0.717) is 31.2 Å². The Bertz CT molecular complexity index is 956. The molecule has 2 aromatic rings. The summed E-state index contributed by atoms with van der Waals surface area (Å²) in [6, 6.07) is 10.9. The van der Waals surface area contributed by atoms with Crippen LogP contribution < -0.4 is 14.4 Å². The second-order valence-electron chi connectivity index (χ2n) is 7.38. The molecule has 0 spiro atoms. The van der Waals surface area contributed by atoms with Gasteiger partial charge < -0.3 is 14.4 Å². The van der Waals surface area contributed by atoms with Crippen LogP contribution in [-0.2, 0) is 11.2 Å². The number of hydrogen-bond acceptors (Lipinski definition) is 4. The summed E-state index contributed by atoms with van der Waals surface area (Å²) in [6.07, 6.45) is 0.978. The van der Waals surface area contributed by atoms with Crippen LogP contribution in [0, 0.1) is 6.92 Å². The van der Waals surface area contributed by atoms with Crippen molar-refractivity contribution in [2.75, 3.05) is 24.7 Å². The molecule has 0 bridgehead atoms. The van der Waals surface area contributed by atoms with Crippen LogP contribution >= 0.6 is 0 Å². The molecule has 1 saturated heterocycles. The number of hydrogen-bond donors (Lipinski definition) is 0. The van der Waals surface area contributed by atoms with E-state index in [1.807, 2.05) is 62.1 Å². The molecule has 1 fully saturated rings. The smallest absolute Gasteiger partial charge is 0.331 e. The van der Waals surface area contributed by atoms with Gasteiger partial charge >= 0.3 is 6.03 Å². The molecule has 2 heterocycles. The van der Waals surface area contributed by atoms with Gasteiger partial charge in [-0.25, -0.2) is 9.69 Å². The van der Waals surface area contributed by atoms with Crippen molar-refractivity contribution in [1.82, 2.24) is 4.90 Å². The highest BCUT2D eigenvalue weighted by atomic mass is 16.5. The summed E-state index contributed by atoms with van der Waals surface area (Å²) in [7, 11) is 0. The van der Waals surface area contributed by atoms with Crippen molar-refractivity contribution in [1.29, 1.82) is 0 Å². The molecule has 0 aromatic heterocycles. The highest BCUT2D eigenvalue weighted by Gasteiger charge is 2.43. The van der Waals surface area contributed by atoms with Gasteiger partial charge in [-0.3, -0.25) is 4.79 Å². The third-order valence-corrected chi connectivity index (χ3v) is 5.48. The number of rotatable bonds is 5. The molecule has 2 aromatic carbocycles. The summed E-state index contributed by atoms with van der Waals surface area (Å²) in [5.41, 5.74) is 3.74. The quantitative estimate of drug-likeness (QED) is 0.761. The van der Waals surface area contributed by atoms with E-state index in [4.69, 9.17) is 9.47 Å². The Labute approximate surface area is 171 Å². The summed E-state index contributed by atoms with van der Waals surface area (Å²) in [5.74, 6) is 1.20. The number of urea groups is 1. The van der Waals surface area contributed by atoms with E-state index in [1.54, 1.807) is 0 Å². The molecular weight excluding hydrogens is 368 g/mol. The van der Waals surface area contributed by atoms with E-state index < -0.39 is 0 Å². The Hall–Kier alpha value is -3.02. The predicted octanol–water partition coefficient (Wildman–Crippen LogP) is 4.25. The zero-order chi connectivity index (χ0) is 20.5. The summed E-state index contributed by atoms with van der Waals surface area (Å²) in [4.78, 5) is 29.4. The van der Waals surface area contributed by atoms with Crippen LogP contribution in [0.4, 0.5) is 10.5 Å². The number of aryl methyl sites for hydroxylation is 1. The van der Waals surface area contributed by atoms with Crippen LogP contribution in [0.2, 0.25) is 0 Å². The Kier molecular flexibility index (Phi) is 5.18. The molecule has 6 nitrogen and oxygen atoms in total. The van der Waals surface area contributed by atoms with Crippen molar-refractivity contribution in [2.24, 2.45) is 0 Å². The standard InChI is InChI=1S/C23H26N2O4/c1-4-28-20-12-16-9-10-24-19(18(16)13-21(20)29-5-2)14-22(26)25(23(24)27)17-8-6-7-15(3)11-17/h6-8,11-13,19H,4-5,9-10,14H2,1-3H3/t19-/m1/s1. The van der Waals surface area contributed by atoms with E-state index in [0.717, 1.165) is 28.9 Å². The SMILES string of the molecule is CCOc1cc2c(cc1OCC)[C@H]1CC(=O)N(c3cccc(C)c3)C(=O)N1CC2. The third-order valence-electron chi connectivity index (χ3n) is 5.48. The highest BCUT2D eigenvalue weighted by Crippen LogP contribution is 2.42. The first-order chi connectivity index (χ1) is 14.0. The van der Waals surface area contributed by atoms with Crippen LogP contribution in [0.15, 0.2) is 36.4 Å². The van der Waals surface area contributed by atoms with Gasteiger partial charge in [0.05, 0.1) is 31.4 Å². The van der Waals surface area contributed by atoms with E-state index in [1.165, 1.54) is 4.90 Å². The normalized spacial score (nSPS) is 18.4. The summed E-state index contributed by atoms with van der Waals surface area (Å²) in [5, 5.41) is 0. The minimum Gasteiger partial charge on any atom is -0.490 e. The largest absolute Gasteiger partial charge is 0.490 e. The predicted molar refractivity (Wildman–Crippen MR) is 111 cm³/mol. The van der Waals surface area contributed by atoms with Crippen LogP contribution in [-0.4, -0.2) is 36.6 Å². The van der Waals surface area contributed by atoms with E-state index in [2.05, 4.69) is 0 Å². The molecule has 2 aliphatic rings. The van der Waals surface area contributed by atoms with E-state index >= 15 is 0 Å². The van der Waals surface area contributed by atoms with Gasteiger partial charge in [-0.2, -0.15) is 0 Å². The summed E-state index contributed by atoms with van der Waals surface area (Å²) >= 11 is 0. The number of amides is 3. The first-order valence-corrected chi connectivity index (χ1v) is 10.2. The number of benzene rings is 2. The Morgan fingerprint density at radius 1 is 1.03 bits per heavy atom. The average molecular weight is 394 g/mol. The van der Waals surface area contributed by atoms with Gasteiger partial charge in [0.1, 0.15) is 0 Å². The van der Waals surface area contributed by atoms with Crippen LogP contribution in [0.1, 0.15) is 43.0 Å². The van der Waals surface area contributed by atoms with Gasteiger partial charge in [-0.15, -0.1) is 0 Å². The Balaban J connectivity index is 1.70. The monoisotopic (exact) mass is 394 g/mol. The topological polar surface area (TPSA) is 59.1 Å². The minimum absolute atomic E-state index is 0.179. The van der Waals surface area contributed by atoms with Gasteiger partial charge in [-0.1, -0.05) is 12.1 Å². The fraction of sp³-hybridized carbons (Fsp3) is 0.391. The van der Waals surface area contributed by atoms with Crippen molar-refractivity contribution in [3.63, 3.8) is 0 Å². The number of carbonyl (C=O) groups is 2. The Morgan fingerprint density at radius 2 is 1.76 bits per heavy atom. The fourth-order valence-electron chi connectivity index (χ4n) is 4.21. The molecule has 0 radical (unpaired) electrons. The number of ether oxygens (including phenoxy) is 2.